The van der Waals surface area contributed by atoms with Gasteiger partial charge in [-0.2, -0.15) is 26.3 Å². The van der Waals surface area contributed by atoms with Crippen LogP contribution < -0.4 is 10.9 Å². The molecule has 2 heterocycles. The van der Waals surface area contributed by atoms with E-state index in [2.05, 4.69) is 5.32 Å². The standard InChI is InChI=1S/C38H43F8N3O4/c1-7-53-31(51)18-28(33-34(39)25(16-27(35(33)40)38(44,45)46)32-22(5)14-21(4)15-23(32)6)47-36(52)29(13-20(2)3)49-19-24(9-12-48-10-8-11-48)26(17-30(49)50)37(41,42)43/h14-17,19-20,28-29H,7-13,18H2,1-6H3,(H,47,52)/t28-,29?/m0/s1. The third-order valence-electron chi connectivity index (χ3n) is 9.28. The van der Waals surface area contributed by atoms with Crippen molar-refractivity contribution in [1.82, 2.24) is 14.8 Å². The highest BCUT2D eigenvalue weighted by molar-refractivity contribution is 5.82. The second kappa shape index (κ2) is 16.4. The van der Waals surface area contributed by atoms with Crippen LogP contribution in [0.5, 0.6) is 0 Å². The van der Waals surface area contributed by atoms with Crippen molar-refractivity contribution >= 4 is 11.9 Å². The number of nitrogens with zero attached hydrogens (tertiary/aromatic N) is 2. The molecule has 0 bridgehead atoms. The van der Waals surface area contributed by atoms with Gasteiger partial charge in [0.15, 0.2) is 0 Å². The molecule has 2 atom stereocenters. The van der Waals surface area contributed by atoms with Crippen LogP contribution in [0.15, 0.2) is 35.3 Å². The lowest BCUT2D eigenvalue weighted by Gasteiger charge is -2.31. The zero-order valence-electron chi connectivity index (χ0n) is 30.3. The number of amides is 1. The third-order valence-corrected chi connectivity index (χ3v) is 9.28. The maximum absolute atomic E-state index is 16.7. The molecule has 2 aromatic carbocycles. The van der Waals surface area contributed by atoms with Crippen LogP contribution in [0.25, 0.3) is 11.1 Å². The minimum Gasteiger partial charge on any atom is -0.466 e. The molecule has 1 aliphatic rings. The fourth-order valence-corrected chi connectivity index (χ4v) is 6.81. The van der Waals surface area contributed by atoms with Crippen LogP contribution in [0.4, 0.5) is 35.1 Å². The first kappa shape index (κ1) is 41.5. The predicted molar refractivity (Wildman–Crippen MR) is 182 cm³/mol. The van der Waals surface area contributed by atoms with Crippen molar-refractivity contribution in [2.45, 2.75) is 91.7 Å². The predicted octanol–water partition coefficient (Wildman–Crippen LogP) is 8.40. The van der Waals surface area contributed by atoms with E-state index in [0.29, 0.717) is 36.3 Å². The monoisotopic (exact) mass is 757 g/mol. The molecule has 15 heteroatoms. The Morgan fingerprint density at radius 1 is 0.906 bits per heavy atom. The van der Waals surface area contributed by atoms with Crippen molar-refractivity contribution in [3.63, 3.8) is 0 Å². The number of likely N-dealkylation sites (tertiary alicyclic amines) is 1. The SMILES string of the molecule is CCOC(=O)C[C@H](NC(=O)C(CC(C)C)n1cc(CCN2CCC2)c(C(F)(F)F)cc1=O)c1c(F)c(-c2c(C)cc(C)cc2C)cc(C(F)(F)F)c1F. The van der Waals surface area contributed by atoms with E-state index < -0.39 is 82.2 Å². The molecular weight excluding hydrogens is 714 g/mol. The molecule has 290 valence electrons. The van der Waals surface area contributed by atoms with Gasteiger partial charge >= 0.3 is 18.3 Å². The average molecular weight is 758 g/mol. The summed E-state index contributed by atoms with van der Waals surface area (Å²) in [4.78, 5) is 42.2. The fourth-order valence-electron chi connectivity index (χ4n) is 6.81. The van der Waals surface area contributed by atoms with Crippen LogP contribution in [-0.4, -0.2) is 47.6 Å². The Bertz CT molecular complexity index is 1870. The lowest BCUT2D eigenvalue weighted by molar-refractivity contribution is -0.144. The molecule has 3 aromatic rings. The van der Waals surface area contributed by atoms with E-state index in [9.17, 15) is 40.7 Å². The molecule has 7 nitrogen and oxygen atoms in total. The lowest BCUT2D eigenvalue weighted by atomic mass is 9.88. The number of carbonyl (C=O) groups is 2. The minimum absolute atomic E-state index is 0.0424. The van der Waals surface area contributed by atoms with Crippen LogP contribution in [-0.2, 0) is 33.1 Å². The Morgan fingerprint density at radius 3 is 2.02 bits per heavy atom. The topological polar surface area (TPSA) is 80.6 Å². The molecule has 1 unspecified atom stereocenters. The molecule has 4 rings (SSSR count). The normalized spacial score (nSPS) is 14.9. The molecule has 1 fully saturated rings. The van der Waals surface area contributed by atoms with Gasteiger partial charge in [-0.25, -0.2) is 8.78 Å². The van der Waals surface area contributed by atoms with Gasteiger partial charge in [0.2, 0.25) is 5.91 Å². The number of esters is 1. The van der Waals surface area contributed by atoms with Gasteiger partial charge in [0.05, 0.1) is 30.2 Å². The second-order valence-corrected chi connectivity index (χ2v) is 13.9. The van der Waals surface area contributed by atoms with E-state index in [1.54, 1.807) is 46.8 Å². The number of nitrogens with one attached hydrogen (secondary N) is 1. The van der Waals surface area contributed by atoms with Crippen LogP contribution in [0.1, 0.15) is 91.1 Å². The van der Waals surface area contributed by atoms with E-state index in [1.807, 2.05) is 4.90 Å². The van der Waals surface area contributed by atoms with Gasteiger partial charge < -0.3 is 19.5 Å². The summed E-state index contributed by atoms with van der Waals surface area (Å²) in [5.41, 5.74) is -4.86. The quantitative estimate of drug-likeness (QED) is 0.140. The lowest BCUT2D eigenvalue weighted by Crippen LogP contribution is -2.41. The molecule has 53 heavy (non-hydrogen) atoms. The summed E-state index contributed by atoms with van der Waals surface area (Å²) in [6.07, 6.45) is -9.72. The third kappa shape index (κ3) is 9.64. The summed E-state index contributed by atoms with van der Waals surface area (Å²) in [5, 5.41) is 2.29. The number of hydrogen-bond acceptors (Lipinski definition) is 5. The Hall–Kier alpha value is -4.27. The molecule has 0 radical (unpaired) electrons. The van der Waals surface area contributed by atoms with Gasteiger partial charge in [0.25, 0.3) is 5.56 Å². The summed E-state index contributed by atoms with van der Waals surface area (Å²) in [5.74, 6) is -6.20. The molecular formula is C38H43F8N3O4. The highest BCUT2D eigenvalue weighted by Crippen LogP contribution is 2.42. The number of hydrogen-bond donors (Lipinski definition) is 1. The van der Waals surface area contributed by atoms with E-state index in [4.69, 9.17) is 4.74 Å². The number of pyridine rings is 1. The number of halogens is 8. The van der Waals surface area contributed by atoms with Crippen molar-refractivity contribution in [1.29, 1.82) is 0 Å². The number of rotatable bonds is 13. The molecule has 1 N–H and O–H groups in total. The highest BCUT2D eigenvalue weighted by atomic mass is 19.4. The number of carbonyl (C=O) groups excluding carboxylic acids is 2. The summed E-state index contributed by atoms with van der Waals surface area (Å²) >= 11 is 0. The maximum atomic E-state index is 16.7. The van der Waals surface area contributed by atoms with Crippen LogP contribution in [0.2, 0.25) is 0 Å². The Kier molecular flexibility index (Phi) is 12.8. The van der Waals surface area contributed by atoms with Crippen molar-refractivity contribution in [2.24, 2.45) is 5.92 Å². The molecule has 1 amide bonds. The molecule has 0 aliphatic carbocycles. The van der Waals surface area contributed by atoms with Gasteiger partial charge in [0.1, 0.15) is 17.7 Å². The highest BCUT2D eigenvalue weighted by Gasteiger charge is 2.41. The van der Waals surface area contributed by atoms with Gasteiger partial charge in [-0.15, -0.1) is 0 Å². The van der Waals surface area contributed by atoms with Gasteiger partial charge in [-0.05, 0) is 94.3 Å². The first-order chi connectivity index (χ1) is 24.6. The van der Waals surface area contributed by atoms with Crippen molar-refractivity contribution in [3.8, 4) is 11.1 Å². The molecule has 0 saturated carbocycles. The van der Waals surface area contributed by atoms with Gasteiger partial charge in [0, 0.05) is 29.9 Å². The Morgan fingerprint density at radius 2 is 1.51 bits per heavy atom. The molecule has 1 saturated heterocycles. The number of benzene rings is 2. The van der Waals surface area contributed by atoms with E-state index in [0.717, 1.165) is 22.7 Å². The molecule has 0 spiro atoms. The summed E-state index contributed by atoms with van der Waals surface area (Å²) < 4.78 is 124. The van der Waals surface area contributed by atoms with E-state index in [1.165, 1.54) is 6.92 Å². The number of aryl methyl sites for hydroxylation is 3. The molecule has 1 aromatic heterocycles. The second-order valence-electron chi connectivity index (χ2n) is 13.9. The van der Waals surface area contributed by atoms with Crippen molar-refractivity contribution in [3.05, 3.63) is 91.4 Å². The minimum atomic E-state index is -5.34. The van der Waals surface area contributed by atoms with Gasteiger partial charge in [-0.3, -0.25) is 14.4 Å². The number of aromatic nitrogens is 1. The first-order valence-corrected chi connectivity index (χ1v) is 17.3. The zero-order valence-corrected chi connectivity index (χ0v) is 30.3. The Balaban J connectivity index is 1.91. The summed E-state index contributed by atoms with van der Waals surface area (Å²) in [6.45, 7) is 11.0. The number of alkyl halides is 6. The van der Waals surface area contributed by atoms with Crippen LogP contribution in [0, 0.1) is 38.3 Å². The average Bonchev–Trinajstić information content (AvgIpc) is 2.99. The number of ether oxygens (including phenoxy) is 1. The van der Waals surface area contributed by atoms with Crippen molar-refractivity contribution < 1.29 is 49.4 Å². The van der Waals surface area contributed by atoms with Gasteiger partial charge in [-0.1, -0.05) is 31.5 Å². The zero-order chi connectivity index (χ0) is 39.6. The maximum Gasteiger partial charge on any atom is 0.419 e. The smallest absolute Gasteiger partial charge is 0.419 e. The van der Waals surface area contributed by atoms with Crippen LogP contribution >= 0.6 is 0 Å². The Labute approximate surface area is 302 Å². The fraction of sp³-hybridized carbons (Fsp3) is 0.500. The van der Waals surface area contributed by atoms with E-state index in [-0.39, 0.29) is 43.0 Å². The van der Waals surface area contributed by atoms with E-state index >= 15 is 8.78 Å². The first-order valence-electron chi connectivity index (χ1n) is 17.3. The molecule has 1 aliphatic heterocycles. The summed E-state index contributed by atoms with van der Waals surface area (Å²) in [6, 6.07) is 0.243. The largest absolute Gasteiger partial charge is 0.466 e. The van der Waals surface area contributed by atoms with Crippen LogP contribution in [0.3, 0.4) is 0 Å². The van der Waals surface area contributed by atoms with Crippen molar-refractivity contribution in [2.75, 3.05) is 26.2 Å². The summed E-state index contributed by atoms with van der Waals surface area (Å²) in [7, 11) is 0.